The molecule has 2 rings (SSSR count). The molecule has 0 fully saturated rings. The van der Waals surface area contributed by atoms with E-state index >= 15 is 0 Å². The minimum absolute atomic E-state index is 0.0425. The van der Waals surface area contributed by atoms with E-state index in [1.807, 2.05) is 30.3 Å². The maximum absolute atomic E-state index is 14.3. The molecule has 242 valence electrons. The Balaban J connectivity index is 2.53. The molecule has 0 spiro atoms. The van der Waals surface area contributed by atoms with Crippen LogP contribution in [0.4, 0.5) is 9.59 Å². The maximum atomic E-state index is 14.3. The number of benzene rings is 2. The fourth-order valence-electron chi connectivity index (χ4n) is 4.71. The number of carbonyl (C=O) groups is 4. The van der Waals surface area contributed by atoms with Crippen LogP contribution in [-0.2, 0) is 31.9 Å². The Labute approximate surface area is 260 Å². The molecule has 44 heavy (non-hydrogen) atoms. The van der Waals surface area contributed by atoms with Gasteiger partial charge in [-0.3, -0.25) is 9.59 Å². The maximum Gasteiger partial charge on any atom is 0.408 e. The van der Waals surface area contributed by atoms with Crippen molar-refractivity contribution in [3.8, 4) is 5.75 Å². The first-order valence-electron chi connectivity index (χ1n) is 14.7. The summed E-state index contributed by atoms with van der Waals surface area (Å²) < 4.78 is 10.9. The molecule has 5 N–H and O–H groups in total. The molecule has 11 heteroatoms. The molecular weight excluding hydrogens is 564 g/mol. The topological polar surface area (TPSA) is 160 Å². The van der Waals surface area contributed by atoms with Gasteiger partial charge in [0.2, 0.25) is 11.8 Å². The molecule has 2 aromatic carbocycles. The van der Waals surface area contributed by atoms with E-state index in [2.05, 4.69) is 10.6 Å². The molecule has 0 radical (unpaired) electrons. The van der Waals surface area contributed by atoms with Crippen molar-refractivity contribution >= 4 is 24.0 Å². The van der Waals surface area contributed by atoms with Gasteiger partial charge in [0, 0.05) is 13.0 Å². The first-order chi connectivity index (χ1) is 20.3. The first-order valence-corrected chi connectivity index (χ1v) is 14.7. The normalized spacial score (nSPS) is 13.7. The second-order valence-electron chi connectivity index (χ2n) is 13.1. The Morgan fingerprint density at radius 3 is 1.84 bits per heavy atom. The number of phenols is 1. The molecule has 0 unspecified atom stereocenters. The number of nitrogens with zero attached hydrogens (tertiary/aromatic N) is 1. The zero-order valence-electron chi connectivity index (χ0n) is 27.3. The number of ether oxygens (including phenoxy) is 2. The SMILES string of the molecule is Cc1cc(O)cc(C)c1C[C@H](NC(=O)OC(C)(C)C)C(=O)N(C[C@H](Cc1ccccc1)NC(=O)OC(C)(C)C)[C@H](C)C(N)=O. The number of rotatable bonds is 11. The van der Waals surface area contributed by atoms with Gasteiger partial charge in [0.1, 0.15) is 29.0 Å². The third-order valence-electron chi connectivity index (χ3n) is 6.70. The van der Waals surface area contributed by atoms with Crippen LogP contribution in [0.15, 0.2) is 42.5 Å². The highest BCUT2D eigenvalue weighted by Crippen LogP contribution is 2.23. The summed E-state index contributed by atoms with van der Waals surface area (Å²) in [4.78, 5) is 53.9. The number of aromatic hydroxyl groups is 1. The average molecular weight is 613 g/mol. The number of alkyl carbamates (subject to hydrolysis) is 2. The number of hydrogen-bond acceptors (Lipinski definition) is 7. The minimum atomic E-state index is -1.17. The lowest BCUT2D eigenvalue weighted by molar-refractivity contribution is -0.140. The van der Waals surface area contributed by atoms with Crippen molar-refractivity contribution < 1.29 is 33.8 Å². The zero-order chi connectivity index (χ0) is 33.4. The summed E-state index contributed by atoms with van der Waals surface area (Å²) in [5, 5.41) is 15.6. The fourth-order valence-corrected chi connectivity index (χ4v) is 4.71. The number of nitrogens with two attached hydrogens (primary N) is 1. The standard InChI is InChI=1S/C33H48N4O7/c1-20-15-25(38)16-21(2)26(20)18-27(36-31(42)44-33(7,8)9)29(40)37(22(3)28(34)39)19-24(17-23-13-11-10-12-14-23)35-30(41)43-32(4,5)6/h10-16,22,24,27,38H,17-19H2,1-9H3,(H2,34,39)(H,35,41)(H,36,42)/t22-,24+,27+/m1/s1. The van der Waals surface area contributed by atoms with Crippen LogP contribution in [0.5, 0.6) is 5.75 Å². The summed E-state index contributed by atoms with van der Waals surface area (Å²) in [6, 6.07) is 9.55. The molecule has 0 bridgehead atoms. The molecule has 2 aromatic rings. The summed E-state index contributed by atoms with van der Waals surface area (Å²) in [5.41, 5.74) is 7.16. The van der Waals surface area contributed by atoms with Crippen molar-refractivity contribution in [2.24, 2.45) is 5.73 Å². The van der Waals surface area contributed by atoms with E-state index in [4.69, 9.17) is 15.2 Å². The fraction of sp³-hybridized carbons (Fsp3) is 0.515. The Bertz CT molecular complexity index is 1290. The van der Waals surface area contributed by atoms with Gasteiger partial charge >= 0.3 is 12.2 Å². The van der Waals surface area contributed by atoms with Crippen LogP contribution in [0.25, 0.3) is 0 Å². The molecule has 0 heterocycles. The lowest BCUT2D eigenvalue weighted by Gasteiger charge is -2.35. The second kappa shape index (κ2) is 14.9. The summed E-state index contributed by atoms with van der Waals surface area (Å²) >= 11 is 0. The summed E-state index contributed by atoms with van der Waals surface area (Å²) in [6.07, 6.45) is -1.14. The van der Waals surface area contributed by atoms with Crippen LogP contribution < -0.4 is 16.4 Å². The van der Waals surface area contributed by atoms with Gasteiger partial charge in [-0.25, -0.2) is 9.59 Å². The summed E-state index contributed by atoms with van der Waals surface area (Å²) in [7, 11) is 0. The van der Waals surface area contributed by atoms with E-state index < -0.39 is 53.3 Å². The largest absolute Gasteiger partial charge is 0.508 e. The van der Waals surface area contributed by atoms with E-state index in [1.165, 1.54) is 11.8 Å². The van der Waals surface area contributed by atoms with Crippen LogP contribution >= 0.6 is 0 Å². The first kappa shape index (κ1) is 35.9. The lowest BCUT2D eigenvalue weighted by Crippen LogP contribution is -2.59. The average Bonchev–Trinajstić information content (AvgIpc) is 2.86. The minimum Gasteiger partial charge on any atom is -0.508 e. The number of carbonyl (C=O) groups excluding carboxylic acids is 4. The molecule has 0 saturated heterocycles. The number of nitrogens with one attached hydrogen (secondary N) is 2. The van der Waals surface area contributed by atoms with Gasteiger partial charge < -0.3 is 35.8 Å². The van der Waals surface area contributed by atoms with Crippen LogP contribution in [-0.4, -0.2) is 69.9 Å². The second-order valence-corrected chi connectivity index (χ2v) is 13.1. The predicted molar refractivity (Wildman–Crippen MR) is 168 cm³/mol. The third-order valence-corrected chi connectivity index (χ3v) is 6.70. The van der Waals surface area contributed by atoms with E-state index in [1.54, 1.807) is 67.5 Å². The van der Waals surface area contributed by atoms with Gasteiger partial charge in [-0.2, -0.15) is 0 Å². The lowest BCUT2D eigenvalue weighted by atomic mass is 9.94. The molecule has 0 aliphatic carbocycles. The van der Waals surface area contributed by atoms with Gasteiger partial charge in [0.05, 0.1) is 6.04 Å². The Morgan fingerprint density at radius 1 is 0.864 bits per heavy atom. The number of phenolic OH excluding ortho intramolecular Hbond substituents is 1. The number of amides is 4. The molecule has 0 saturated carbocycles. The molecule has 0 aromatic heterocycles. The van der Waals surface area contributed by atoms with Crippen LogP contribution in [0.2, 0.25) is 0 Å². The van der Waals surface area contributed by atoms with E-state index in [0.717, 1.165) is 11.1 Å². The van der Waals surface area contributed by atoms with E-state index in [-0.39, 0.29) is 18.7 Å². The smallest absolute Gasteiger partial charge is 0.408 e. The predicted octanol–water partition coefficient (Wildman–Crippen LogP) is 4.28. The molecule has 3 atom stereocenters. The van der Waals surface area contributed by atoms with Crippen molar-refractivity contribution in [3.63, 3.8) is 0 Å². The van der Waals surface area contributed by atoms with E-state index in [0.29, 0.717) is 17.5 Å². The highest BCUT2D eigenvalue weighted by Gasteiger charge is 2.35. The molecular formula is C33H48N4O7. The van der Waals surface area contributed by atoms with Crippen LogP contribution in [0.3, 0.4) is 0 Å². The van der Waals surface area contributed by atoms with Crippen LogP contribution in [0.1, 0.15) is 70.7 Å². The highest BCUT2D eigenvalue weighted by molar-refractivity contribution is 5.91. The van der Waals surface area contributed by atoms with E-state index in [9.17, 15) is 24.3 Å². The molecule has 4 amide bonds. The number of hydrogen-bond donors (Lipinski definition) is 4. The van der Waals surface area contributed by atoms with Crippen molar-refractivity contribution in [2.45, 2.75) is 104 Å². The Hall–Kier alpha value is -4.28. The van der Waals surface area contributed by atoms with Gasteiger partial charge in [0.15, 0.2) is 0 Å². The number of primary amides is 1. The molecule has 0 aliphatic heterocycles. The Kier molecular flexibility index (Phi) is 12.2. The highest BCUT2D eigenvalue weighted by atomic mass is 16.6. The molecule has 0 aliphatic rings. The monoisotopic (exact) mass is 612 g/mol. The third kappa shape index (κ3) is 11.8. The van der Waals surface area contributed by atoms with Crippen LogP contribution in [0, 0.1) is 13.8 Å². The summed E-state index contributed by atoms with van der Waals surface area (Å²) in [5.74, 6) is -1.28. The Morgan fingerprint density at radius 2 is 1.36 bits per heavy atom. The summed E-state index contributed by atoms with van der Waals surface area (Å²) in [6.45, 7) is 15.3. The van der Waals surface area contributed by atoms with Crippen molar-refractivity contribution in [1.29, 1.82) is 0 Å². The van der Waals surface area contributed by atoms with Gasteiger partial charge in [0.25, 0.3) is 0 Å². The van der Waals surface area contributed by atoms with Gasteiger partial charge in [-0.05, 0) is 103 Å². The van der Waals surface area contributed by atoms with Gasteiger partial charge in [-0.1, -0.05) is 30.3 Å². The van der Waals surface area contributed by atoms with Crippen molar-refractivity contribution in [1.82, 2.24) is 15.5 Å². The van der Waals surface area contributed by atoms with Crippen molar-refractivity contribution in [2.75, 3.05) is 6.54 Å². The number of aryl methyl sites for hydroxylation is 2. The molecule has 11 nitrogen and oxygen atoms in total. The van der Waals surface area contributed by atoms with Crippen molar-refractivity contribution in [3.05, 3.63) is 64.7 Å². The van der Waals surface area contributed by atoms with Gasteiger partial charge in [-0.15, -0.1) is 0 Å². The quantitative estimate of drug-likeness (QED) is 0.295. The zero-order valence-corrected chi connectivity index (χ0v) is 27.3.